The third-order valence-electron chi connectivity index (χ3n) is 5.20. The Kier molecular flexibility index (Phi) is 7.91. The van der Waals surface area contributed by atoms with Crippen LogP contribution in [-0.4, -0.2) is 71.4 Å². The molecule has 7 heteroatoms. The Morgan fingerprint density at radius 2 is 2.00 bits per heavy atom. The van der Waals surface area contributed by atoms with Gasteiger partial charge in [-0.1, -0.05) is 12.5 Å². The number of rotatable bonds is 10. The minimum absolute atomic E-state index is 0.262. The maximum absolute atomic E-state index is 10.4. The molecule has 2 N–H and O–H groups in total. The fourth-order valence-corrected chi connectivity index (χ4v) is 3.78. The molecule has 2 heterocycles. The second-order valence-corrected chi connectivity index (χ2v) is 8.00. The van der Waals surface area contributed by atoms with Gasteiger partial charge in [0.25, 0.3) is 0 Å². The molecule has 0 saturated carbocycles. The smallest absolute Gasteiger partial charge is 0.161 e. The average molecular weight is 403 g/mol. The van der Waals surface area contributed by atoms with Crippen molar-refractivity contribution in [1.82, 2.24) is 19.8 Å². The van der Waals surface area contributed by atoms with Crippen molar-refractivity contribution in [3.05, 3.63) is 41.5 Å². The van der Waals surface area contributed by atoms with Gasteiger partial charge < -0.3 is 24.5 Å². The van der Waals surface area contributed by atoms with Crippen molar-refractivity contribution in [2.75, 3.05) is 40.4 Å². The van der Waals surface area contributed by atoms with Crippen molar-refractivity contribution in [2.45, 2.75) is 45.4 Å². The minimum atomic E-state index is -0.508. The molecule has 1 aliphatic heterocycles. The van der Waals surface area contributed by atoms with E-state index in [-0.39, 0.29) is 6.61 Å². The summed E-state index contributed by atoms with van der Waals surface area (Å²) in [5.41, 5.74) is 2.19. The lowest BCUT2D eigenvalue weighted by atomic mass is 10.1. The van der Waals surface area contributed by atoms with E-state index in [0.717, 1.165) is 43.3 Å². The molecule has 1 fully saturated rings. The molecule has 2 aromatic rings. The zero-order valence-corrected chi connectivity index (χ0v) is 17.9. The van der Waals surface area contributed by atoms with Gasteiger partial charge in [0.15, 0.2) is 11.5 Å². The highest BCUT2D eigenvalue weighted by molar-refractivity contribution is 5.43. The highest BCUT2D eigenvalue weighted by Crippen LogP contribution is 2.29. The Bertz CT molecular complexity index is 758. The van der Waals surface area contributed by atoms with Crippen LogP contribution < -0.4 is 9.47 Å². The number of aromatic amines is 1. The van der Waals surface area contributed by atoms with E-state index in [0.29, 0.717) is 18.0 Å². The molecule has 1 aliphatic rings. The standard InChI is InChI=1S/C22H34N4O3/c1-17-12-23-22(24-17)15-25(2)13-18-7-8-20(28-3)21(11-18)29-16-19(27)14-26-9-5-4-6-10-26/h7-8,11-12,19,27H,4-6,9-10,13-16H2,1-3H3,(H,23,24)/t19-/m1/s1. The molecule has 0 radical (unpaired) electrons. The predicted octanol–water partition coefficient (Wildman–Crippen LogP) is 2.58. The van der Waals surface area contributed by atoms with Gasteiger partial charge in [-0.25, -0.2) is 4.98 Å². The number of piperidine rings is 1. The van der Waals surface area contributed by atoms with Crippen LogP contribution in [-0.2, 0) is 13.1 Å². The van der Waals surface area contributed by atoms with E-state index in [1.54, 1.807) is 7.11 Å². The SMILES string of the molecule is COc1ccc(CN(C)Cc2ncc(C)[nH]2)cc1OC[C@H](O)CN1CCCCC1. The van der Waals surface area contributed by atoms with E-state index in [2.05, 4.69) is 26.8 Å². The van der Waals surface area contributed by atoms with Crippen LogP contribution in [0.2, 0.25) is 0 Å². The summed E-state index contributed by atoms with van der Waals surface area (Å²) in [5.74, 6) is 2.31. The van der Waals surface area contributed by atoms with Crippen LogP contribution in [0.1, 0.15) is 36.3 Å². The number of ether oxygens (including phenoxy) is 2. The molecule has 0 spiro atoms. The Labute approximate surface area is 173 Å². The third-order valence-corrected chi connectivity index (χ3v) is 5.20. The van der Waals surface area contributed by atoms with Crippen LogP contribution in [0.4, 0.5) is 0 Å². The normalized spacial score (nSPS) is 16.2. The minimum Gasteiger partial charge on any atom is -0.493 e. The highest BCUT2D eigenvalue weighted by Gasteiger charge is 2.16. The van der Waals surface area contributed by atoms with Gasteiger partial charge in [0.1, 0.15) is 18.5 Å². The summed E-state index contributed by atoms with van der Waals surface area (Å²) in [6, 6.07) is 5.96. The van der Waals surface area contributed by atoms with E-state index in [9.17, 15) is 5.11 Å². The van der Waals surface area contributed by atoms with Crippen LogP contribution in [0.5, 0.6) is 11.5 Å². The van der Waals surface area contributed by atoms with Crippen LogP contribution in [0, 0.1) is 6.92 Å². The first kappa shape index (κ1) is 21.6. The average Bonchev–Trinajstić information content (AvgIpc) is 3.11. The first-order valence-corrected chi connectivity index (χ1v) is 10.4. The van der Waals surface area contributed by atoms with Crippen LogP contribution in [0.25, 0.3) is 0 Å². The van der Waals surface area contributed by atoms with Gasteiger partial charge in [0, 0.05) is 25.0 Å². The van der Waals surface area contributed by atoms with Crippen LogP contribution in [0.3, 0.4) is 0 Å². The lowest BCUT2D eigenvalue weighted by Crippen LogP contribution is -2.38. The molecule has 29 heavy (non-hydrogen) atoms. The number of aryl methyl sites for hydroxylation is 1. The van der Waals surface area contributed by atoms with Crippen molar-refractivity contribution in [3.8, 4) is 11.5 Å². The number of hydrogen-bond donors (Lipinski definition) is 2. The van der Waals surface area contributed by atoms with Crippen molar-refractivity contribution in [1.29, 1.82) is 0 Å². The van der Waals surface area contributed by atoms with Crippen LogP contribution >= 0.6 is 0 Å². The molecule has 7 nitrogen and oxygen atoms in total. The zero-order chi connectivity index (χ0) is 20.6. The molecule has 1 saturated heterocycles. The summed E-state index contributed by atoms with van der Waals surface area (Å²) in [4.78, 5) is 12.1. The van der Waals surface area contributed by atoms with Crippen molar-refractivity contribution < 1.29 is 14.6 Å². The van der Waals surface area contributed by atoms with Gasteiger partial charge >= 0.3 is 0 Å². The second kappa shape index (κ2) is 10.6. The fraction of sp³-hybridized carbons (Fsp3) is 0.591. The molecule has 160 valence electrons. The number of imidazole rings is 1. The summed E-state index contributed by atoms with van der Waals surface area (Å²) in [5, 5.41) is 10.4. The zero-order valence-electron chi connectivity index (χ0n) is 17.9. The van der Waals surface area contributed by atoms with Gasteiger partial charge in [-0.2, -0.15) is 0 Å². The molecule has 3 rings (SSSR count). The predicted molar refractivity (Wildman–Crippen MR) is 113 cm³/mol. The molecule has 0 unspecified atom stereocenters. The number of methoxy groups -OCH3 is 1. The molecule has 0 bridgehead atoms. The number of aliphatic hydroxyl groups is 1. The monoisotopic (exact) mass is 402 g/mol. The number of H-pyrrole nitrogens is 1. The quantitative estimate of drug-likeness (QED) is 0.636. The number of β-amino-alcohol motifs (C(OH)–C–C–N with tert-alkyl or cyclic N) is 1. The largest absolute Gasteiger partial charge is 0.493 e. The van der Waals surface area contributed by atoms with Crippen molar-refractivity contribution in [2.24, 2.45) is 0 Å². The lowest BCUT2D eigenvalue weighted by molar-refractivity contribution is 0.0608. The molecular formula is C22H34N4O3. The van der Waals surface area contributed by atoms with Crippen molar-refractivity contribution in [3.63, 3.8) is 0 Å². The molecule has 1 aromatic heterocycles. The topological polar surface area (TPSA) is 73.8 Å². The van der Waals surface area contributed by atoms with Gasteiger partial charge in [0.05, 0.1) is 13.7 Å². The van der Waals surface area contributed by atoms with E-state index in [4.69, 9.17) is 9.47 Å². The number of hydrogen-bond acceptors (Lipinski definition) is 6. The molecule has 0 aliphatic carbocycles. The summed E-state index contributed by atoms with van der Waals surface area (Å²) in [7, 11) is 3.70. The molecule has 1 aromatic carbocycles. The van der Waals surface area contributed by atoms with Crippen molar-refractivity contribution >= 4 is 0 Å². The Hall–Kier alpha value is -2.09. The highest BCUT2D eigenvalue weighted by atomic mass is 16.5. The van der Waals surface area contributed by atoms with Gasteiger partial charge in [-0.05, 0) is 57.6 Å². The van der Waals surface area contributed by atoms with Crippen LogP contribution in [0.15, 0.2) is 24.4 Å². The van der Waals surface area contributed by atoms with Gasteiger partial charge in [0.2, 0.25) is 0 Å². The van der Waals surface area contributed by atoms with E-state index < -0.39 is 6.10 Å². The molecule has 0 amide bonds. The van der Waals surface area contributed by atoms with E-state index >= 15 is 0 Å². The summed E-state index contributed by atoms with van der Waals surface area (Å²) >= 11 is 0. The number of aliphatic hydroxyl groups excluding tert-OH is 1. The maximum atomic E-state index is 10.4. The number of nitrogens with one attached hydrogen (secondary N) is 1. The number of nitrogens with zero attached hydrogens (tertiary/aromatic N) is 3. The first-order valence-electron chi connectivity index (χ1n) is 10.4. The maximum Gasteiger partial charge on any atom is 0.161 e. The Balaban J connectivity index is 1.54. The van der Waals surface area contributed by atoms with E-state index in [1.165, 1.54) is 19.3 Å². The summed E-state index contributed by atoms with van der Waals surface area (Å²) in [6.07, 6.45) is 5.06. The van der Waals surface area contributed by atoms with Gasteiger partial charge in [-0.3, -0.25) is 4.90 Å². The second-order valence-electron chi connectivity index (χ2n) is 8.00. The number of likely N-dealkylation sites (tertiary alicyclic amines) is 1. The third kappa shape index (κ3) is 6.73. The fourth-order valence-electron chi connectivity index (χ4n) is 3.78. The van der Waals surface area contributed by atoms with Gasteiger partial charge in [-0.15, -0.1) is 0 Å². The summed E-state index contributed by atoms with van der Waals surface area (Å²) in [6.45, 7) is 6.56. The number of aromatic nitrogens is 2. The molecular weight excluding hydrogens is 368 g/mol. The lowest BCUT2D eigenvalue weighted by Gasteiger charge is -2.28. The summed E-state index contributed by atoms with van der Waals surface area (Å²) < 4.78 is 11.4. The van der Waals surface area contributed by atoms with E-state index in [1.807, 2.05) is 31.3 Å². The Morgan fingerprint density at radius 3 is 2.69 bits per heavy atom. The first-order chi connectivity index (χ1) is 14.0. The number of benzene rings is 1. The molecule has 1 atom stereocenters. The Morgan fingerprint density at radius 1 is 1.21 bits per heavy atom.